The molecule has 1 aromatic heterocycles. The molecule has 1 aliphatic heterocycles. The topological polar surface area (TPSA) is 104 Å². The maximum absolute atomic E-state index is 13.3. The number of nitrogens with one attached hydrogen (secondary N) is 2. The van der Waals surface area contributed by atoms with Crippen LogP contribution in [0.15, 0.2) is 30.3 Å². The molecule has 0 spiro atoms. The van der Waals surface area contributed by atoms with Crippen LogP contribution in [0.5, 0.6) is 0 Å². The fourth-order valence-electron chi connectivity index (χ4n) is 5.33. The molecule has 3 N–H and O–H groups in total. The highest BCUT2D eigenvalue weighted by Crippen LogP contribution is 2.30. The average Bonchev–Trinajstić information content (AvgIpc) is 2.89. The van der Waals surface area contributed by atoms with Crippen LogP contribution in [0.2, 0.25) is 0 Å². The molecule has 8 heteroatoms. The zero-order valence-corrected chi connectivity index (χ0v) is 22.5. The Bertz CT molecular complexity index is 1070. The summed E-state index contributed by atoms with van der Waals surface area (Å²) in [4.78, 5) is 32.3. The number of hydrogen-bond acceptors (Lipinski definition) is 6. The Hall–Kier alpha value is -2.87. The van der Waals surface area contributed by atoms with E-state index in [-0.39, 0.29) is 24.1 Å². The maximum atomic E-state index is 13.3. The second-order valence-electron chi connectivity index (χ2n) is 11.7. The van der Waals surface area contributed by atoms with E-state index in [0.717, 1.165) is 68.3 Å². The number of hydrogen-bond donors (Lipinski definition) is 3. The molecule has 1 saturated heterocycles. The molecule has 0 unspecified atom stereocenters. The number of amides is 2. The van der Waals surface area contributed by atoms with Crippen LogP contribution in [0.25, 0.3) is 10.9 Å². The first-order valence-electron chi connectivity index (χ1n) is 13.7. The van der Waals surface area contributed by atoms with Crippen LogP contribution < -0.4 is 15.5 Å². The van der Waals surface area contributed by atoms with E-state index in [2.05, 4.69) is 15.5 Å². The molecule has 1 aromatic carbocycles. The van der Waals surface area contributed by atoms with Crippen molar-refractivity contribution in [2.45, 2.75) is 64.8 Å². The predicted molar refractivity (Wildman–Crippen MR) is 146 cm³/mol. The van der Waals surface area contributed by atoms with E-state index in [1.54, 1.807) is 0 Å². The molecule has 1 aliphatic carbocycles. The molecular weight excluding hydrogens is 468 g/mol. The van der Waals surface area contributed by atoms with Crippen molar-refractivity contribution in [3.63, 3.8) is 0 Å². The minimum atomic E-state index is -0.358. The van der Waals surface area contributed by atoms with Gasteiger partial charge in [-0.05, 0) is 89.2 Å². The van der Waals surface area contributed by atoms with Crippen molar-refractivity contribution < 1.29 is 19.4 Å². The van der Waals surface area contributed by atoms with Crippen molar-refractivity contribution in [3.05, 3.63) is 35.9 Å². The number of carbonyl (C=O) groups excluding carboxylic acids is 2. The number of alkyl carbamates (subject to hydrolysis) is 1. The number of carbonyl (C=O) groups is 2. The van der Waals surface area contributed by atoms with Gasteiger partial charge in [-0.15, -0.1) is 0 Å². The van der Waals surface area contributed by atoms with Gasteiger partial charge in [0.25, 0.3) is 5.91 Å². The summed E-state index contributed by atoms with van der Waals surface area (Å²) in [5.74, 6) is 1.92. The zero-order valence-electron chi connectivity index (χ0n) is 22.5. The largest absolute Gasteiger partial charge is 0.449 e. The summed E-state index contributed by atoms with van der Waals surface area (Å²) in [7, 11) is 0. The fourth-order valence-corrected chi connectivity index (χ4v) is 5.33. The van der Waals surface area contributed by atoms with Crippen LogP contribution in [0.1, 0.15) is 69.7 Å². The molecule has 4 rings (SSSR count). The normalized spacial score (nSPS) is 21.0. The van der Waals surface area contributed by atoms with E-state index in [4.69, 9.17) is 9.72 Å². The molecule has 0 bridgehead atoms. The van der Waals surface area contributed by atoms with Crippen molar-refractivity contribution in [2.24, 2.45) is 17.8 Å². The van der Waals surface area contributed by atoms with E-state index in [1.807, 2.05) is 51.1 Å². The molecule has 2 aromatic rings. The summed E-state index contributed by atoms with van der Waals surface area (Å²) in [5, 5.41) is 16.3. The molecule has 0 radical (unpaired) electrons. The van der Waals surface area contributed by atoms with Crippen LogP contribution in [-0.4, -0.2) is 60.5 Å². The molecule has 1 saturated carbocycles. The number of para-hydroxylation sites is 1. The van der Waals surface area contributed by atoms with Crippen LogP contribution in [0.4, 0.5) is 10.6 Å². The highest BCUT2D eigenvalue weighted by Gasteiger charge is 2.25. The van der Waals surface area contributed by atoms with E-state index < -0.39 is 0 Å². The standard InChI is InChI=1S/C29H42N4O4/c1-29(2,3)32-28(36)37-19-22-10-8-20(9-11-22)17-30-27(35)24-16-26(31-25-7-5-4-6-23(24)25)33-14-12-21(18-34)13-15-33/h4-7,16,20-22,34H,8-15,17-19H2,1-3H3,(H,30,35)(H,32,36). The first kappa shape index (κ1) is 27.2. The summed E-state index contributed by atoms with van der Waals surface area (Å²) < 4.78 is 5.42. The predicted octanol–water partition coefficient (Wildman–Crippen LogP) is 4.50. The first-order valence-corrected chi connectivity index (χ1v) is 13.7. The van der Waals surface area contributed by atoms with Gasteiger partial charge in [-0.25, -0.2) is 9.78 Å². The SMILES string of the molecule is CC(C)(C)NC(=O)OCC1CCC(CNC(=O)c2cc(N3CCC(CO)CC3)nc3ccccc23)CC1. The van der Waals surface area contributed by atoms with Gasteiger partial charge in [-0.3, -0.25) is 4.79 Å². The molecule has 37 heavy (non-hydrogen) atoms. The number of aliphatic hydroxyl groups is 1. The van der Waals surface area contributed by atoms with E-state index in [9.17, 15) is 14.7 Å². The highest BCUT2D eigenvalue weighted by molar-refractivity contribution is 6.07. The highest BCUT2D eigenvalue weighted by atomic mass is 16.5. The van der Waals surface area contributed by atoms with Gasteiger partial charge in [-0.1, -0.05) is 18.2 Å². The Balaban J connectivity index is 1.31. The van der Waals surface area contributed by atoms with Crippen molar-refractivity contribution in [1.82, 2.24) is 15.6 Å². The minimum absolute atomic E-state index is 0.0607. The Morgan fingerprint density at radius 3 is 2.38 bits per heavy atom. The molecule has 2 heterocycles. The van der Waals surface area contributed by atoms with Crippen LogP contribution in [0, 0.1) is 17.8 Å². The Labute approximate surface area is 220 Å². The average molecular weight is 511 g/mol. The summed E-state index contributed by atoms with van der Waals surface area (Å²) in [6, 6.07) is 9.74. The number of rotatable bonds is 7. The lowest BCUT2D eigenvalue weighted by molar-refractivity contribution is 0.0916. The Morgan fingerprint density at radius 1 is 1.03 bits per heavy atom. The van der Waals surface area contributed by atoms with Crippen LogP contribution >= 0.6 is 0 Å². The Morgan fingerprint density at radius 2 is 1.70 bits per heavy atom. The summed E-state index contributed by atoms with van der Waals surface area (Å²) >= 11 is 0. The van der Waals surface area contributed by atoms with Gasteiger partial charge in [0.2, 0.25) is 0 Å². The van der Waals surface area contributed by atoms with Gasteiger partial charge < -0.3 is 25.4 Å². The molecule has 2 fully saturated rings. The lowest BCUT2D eigenvalue weighted by Crippen LogP contribution is -2.41. The lowest BCUT2D eigenvalue weighted by Gasteiger charge is -2.32. The molecule has 8 nitrogen and oxygen atoms in total. The third-order valence-corrected chi connectivity index (χ3v) is 7.59. The van der Waals surface area contributed by atoms with E-state index in [1.165, 1.54) is 0 Å². The molecular formula is C29H42N4O4. The zero-order chi connectivity index (χ0) is 26.4. The molecule has 202 valence electrons. The van der Waals surface area contributed by atoms with Crippen molar-refractivity contribution >= 4 is 28.7 Å². The number of fused-ring (bicyclic) bond motifs is 1. The fraction of sp³-hybridized carbons (Fsp3) is 0.621. The second kappa shape index (κ2) is 12.1. The third kappa shape index (κ3) is 7.57. The smallest absolute Gasteiger partial charge is 0.407 e. The van der Waals surface area contributed by atoms with Gasteiger partial charge in [0.1, 0.15) is 5.82 Å². The molecule has 2 aliphatic rings. The van der Waals surface area contributed by atoms with Crippen molar-refractivity contribution in [1.29, 1.82) is 0 Å². The Kier molecular flexibility index (Phi) is 8.90. The van der Waals surface area contributed by atoms with Crippen LogP contribution in [0.3, 0.4) is 0 Å². The summed E-state index contributed by atoms with van der Waals surface area (Å²) in [5.41, 5.74) is 1.19. The van der Waals surface area contributed by atoms with Gasteiger partial charge in [0.15, 0.2) is 0 Å². The molecule has 2 amide bonds. The van der Waals surface area contributed by atoms with Gasteiger partial charge >= 0.3 is 6.09 Å². The van der Waals surface area contributed by atoms with Crippen molar-refractivity contribution in [3.8, 4) is 0 Å². The van der Waals surface area contributed by atoms with E-state index >= 15 is 0 Å². The van der Waals surface area contributed by atoms with Gasteiger partial charge in [0, 0.05) is 37.2 Å². The number of aliphatic hydroxyl groups excluding tert-OH is 1. The number of piperidine rings is 1. The maximum Gasteiger partial charge on any atom is 0.407 e. The van der Waals surface area contributed by atoms with Gasteiger partial charge in [0.05, 0.1) is 17.7 Å². The second-order valence-corrected chi connectivity index (χ2v) is 11.7. The number of pyridine rings is 1. The number of nitrogens with zero attached hydrogens (tertiary/aromatic N) is 2. The number of benzene rings is 1. The number of anilines is 1. The lowest BCUT2D eigenvalue weighted by atomic mass is 9.82. The molecule has 0 atom stereocenters. The summed E-state index contributed by atoms with van der Waals surface area (Å²) in [6.45, 7) is 8.80. The minimum Gasteiger partial charge on any atom is -0.449 e. The first-order chi connectivity index (χ1) is 17.7. The van der Waals surface area contributed by atoms with E-state index in [0.29, 0.717) is 36.5 Å². The van der Waals surface area contributed by atoms with Crippen molar-refractivity contribution in [2.75, 3.05) is 37.7 Å². The summed E-state index contributed by atoms with van der Waals surface area (Å²) in [6.07, 6.45) is 5.52. The number of aromatic nitrogens is 1. The third-order valence-electron chi connectivity index (χ3n) is 7.59. The quantitative estimate of drug-likeness (QED) is 0.507. The number of ether oxygens (including phenoxy) is 1. The van der Waals surface area contributed by atoms with Gasteiger partial charge in [-0.2, -0.15) is 0 Å². The monoisotopic (exact) mass is 510 g/mol. The van der Waals surface area contributed by atoms with Crippen LogP contribution in [-0.2, 0) is 4.74 Å².